The number of ether oxygens (including phenoxy) is 1. The molecule has 0 aliphatic carbocycles. The minimum atomic E-state index is -4.47. The number of amides is 1. The number of nitrogens with one attached hydrogen (secondary N) is 1. The Labute approximate surface area is 181 Å². The average Bonchev–Trinajstić information content (AvgIpc) is 3.15. The van der Waals surface area contributed by atoms with Crippen molar-refractivity contribution in [3.05, 3.63) is 54.1 Å². The maximum Gasteiger partial charge on any atom is 0.405 e. The van der Waals surface area contributed by atoms with E-state index in [1.54, 1.807) is 23.8 Å². The predicted octanol–water partition coefficient (Wildman–Crippen LogP) is 4.41. The second kappa shape index (κ2) is 9.42. The van der Waals surface area contributed by atoms with Crippen LogP contribution in [0.3, 0.4) is 0 Å². The summed E-state index contributed by atoms with van der Waals surface area (Å²) < 4.78 is 44.2. The third-order valence-electron chi connectivity index (χ3n) is 4.35. The molecule has 0 aliphatic heterocycles. The molecule has 164 valence electrons. The molecule has 6 nitrogen and oxygen atoms in total. The number of carbonyl (C=O) groups is 1. The number of carbonyl (C=O) groups excluding carboxylic acids is 1. The highest BCUT2D eigenvalue weighted by Gasteiger charge is 2.29. The summed E-state index contributed by atoms with van der Waals surface area (Å²) in [5, 5.41) is 9.99. The molecule has 10 heteroatoms. The normalized spacial score (nSPS) is 12.5. The van der Waals surface area contributed by atoms with E-state index in [-0.39, 0.29) is 0 Å². The number of hydrogen-bond donors (Lipinski definition) is 1. The van der Waals surface area contributed by atoms with E-state index in [2.05, 4.69) is 10.2 Å². The lowest BCUT2D eigenvalue weighted by Gasteiger charge is -2.15. The summed E-state index contributed by atoms with van der Waals surface area (Å²) in [5.74, 6) is 0.492. The summed E-state index contributed by atoms with van der Waals surface area (Å²) >= 11 is 1.03. The van der Waals surface area contributed by atoms with Crippen LogP contribution in [0, 0.1) is 6.92 Å². The van der Waals surface area contributed by atoms with Gasteiger partial charge in [0.2, 0.25) is 5.91 Å². The number of nitrogens with zero attached hydrogens (tertiary/aromatic N) is 3. The highest BCUT2D eigenvalue weighted by Crippen LogP contribution is 2.31. The quantitative estimate of drug-likeness (QED) is 0.540. The van der Waals surface area contributed by atoms with Crippen molar-refractivity contribution in [2.24, 2.45) is 0 Å². The largest absolute Gasteiger partial charge is 0.497 e. The first-order chi connectivity index (χ1) is 14.7. The maximum atomic E-state index is 12.4. The van der Waals surface area contributed by atoms with Crippen LogP contribution in [-0.4, -0.2) is 45.8 Å². The van der Waals surface area contributed by atoms with Gasteiger partial charge in [-0.1, -0.05) is 35.5 Å². The fourth-order valence-corrected chi connectivity index (χ4v) is 3.72. The standard InChI is InChI=1S/C21H21F3N4O2S/c1-13-5-4-6-15(11-13)18-26-27-20(28(18)16-7-9-17(30-3)10-8-16)31-14(2)19(29)25-12-21(22,23)24/h4-11,14H,12H2,1-3H3,(H,25,29). The van der Waals surface area contributed by atoms with Crippen LogP contribution in [0.2, 0.25) is 0 Å². The van der Waals surface area contributed by atoms with E-state index >= 15 is 0 Å². The summed E-state index contributed by atoms with van der Waals surface area (Å²) in [6.07, 6.45) is -4.47. The lowest BCUT2D eigenvalue weighted by molar-refractivity contribution is -0.137. The highest BCUT2D eigenvalue weighted by atomic mass is 32.2. The van der Waals surface area contributed by atoms with Crippen molar-refractivity contribution in [2.75, 3.05) is 13.7 Å². The van der Waals surface area contributed by atoms with Gasteiger partial charge in [0.1, 0.15) is 12.3 Å². The smallest absolute Gasteiger partial charge is 0.405 e. The van der Waals surface area contributed by atoms with Crippen LogP contribution < -0.4 is 10.1 Å². The van der Waals surface area contributed by atoms with Gasteiger partial charge in [-0.3, -0.25) is 9.36 Å². The Morgan fingerprint density at radius 1 is 1.19 bits per heavy atom. The van der Waals surface area contributed by atoms with Crippen molar-refractivity contribution in [3.63, 3.8) is 0 Å². The zero-order chi connectivity index (χ0) is 22.6. The predicted molar refractivity (Wildman–Crippen MR) is 112 cm³/mol. The summed E-state index contributed by atoms with van der Waals surface area (Å²) in [5.41, 5.74) is 2.59. The molecular weight excluding hydrogens is 429 g/mol. The molecule has 0 saturated carbocycles. The van der Waals surface area contributed by atoms with Crippen LogP contribution in [-0.2, 0) is 4.79 Å². The minimum Gasteiger partial charge on any atom is -0.497 e. The fraction of sp³-hybridized carbons (Fsp3) is 0.286. The van der Waals surface area contributed by atoms with E-state index in [4.69, 9.17) is 4.74 Å². The molecule has 1 amide bonds. The third kappa shape index (κ3) is 5.78. The number of hydrogen-bond acceptors (Lipinski definition) is 5. The molecular formula is C21H21F3N4O2S. The number of aryl methyl sites for hydroxylation is 1. The first-order valence-electron chi connectivity index (χ1n) is 9.36. The molecule has 0 radical (unpaired) electrons. The van der Waals surface area contributed by atoms with E-state index in [1.807, 2.05) is 48.6 Å². The Morgan fingerprint density at radius 2 is 1.90 bits per heavy atom. The number of halogens is 3. The molecule has 3 aromatic rings. The molecule has 0 spiro atoms. The van der Waals surface area contributed by atoms with Crippen LogP contribution in [0.1, 0.15) is 12.5 Å². The van der Waals surface area contributed by atoms with Gasteiger partial charge in [-0.05, 0) is 44.2 Å². The second-order valence-corrected chi connectivity index (χ2v) is 8.11. The molecule has 1 heterocycles. The first-order valence-corrected chi connectivity index (χ1v) is 10.2. The Morgan fingerprint density at radius 3 is 2.52 bits per heavy atom. The maximum absolute atomic E-state index is 12.4. The summed E-state index contributed by atoms with van der Waals surface area (Å²) in [6.45, 7) is 2.10. The zero-order valence-corrected chi connectivity index (χ0v) is 17.9. The van der Waals surface area contributed by atoms with Gasteiger partial charge < -0.3 is 10.1 Å². The van der Waals surface area contributed by atoms with Crippen molar-refractivity contribution in [1.82, 2.24) is 20.1 Å². The van der Waals surface area contributed by atoms with Gasteiger partial charge in [0, 0.05) is 11.3 Å². The lowest BCUT2D eigenvalue weighted by atomic mass is 10.1. The molecule has 3 rings (SSSR count). The van der Waals surface area contributed by atoms with Gasteiger partial charge in [-0.2, -0.15) is 13.2 Å². The molecule has 0 bridgehead atoms. The molecule has 1 aromatic heterocycles. The third-order valence-corrected chi connectivity index (χ3v) is 5.40. The lowest BCUT2D eigenvalue weighted by Crippen LogP contribution is -2.38. The molecule has 1 unspecified atom stereocenters. The van der Waals surface area contributed by atoms with Gasteiger partial charge in [-0.25, -0.2) is 0 Å². The Balaban J connectivity index is 1.95. The van der Waals surface area contributed by atoms with Crippen molar-refractivity contribution in [3.8, 4) is 22.8 Å². The van der Waals surface area contributed by atoms with Crippen molar-refractivity contribution >= 4 is 17.7 Å². The number of methoxy groups -OCH3 is 1. The van der Waals surface area contributed by atoms with E-state index in [1.165, 1.54) is 6.92 Å². The average molecular weight is 450 g/mol. The summed E-state index contributed by atoms with van der Waals surface area (Å²) in [7, 11) is 1.56. The van der Waals surface area contributed by atoms with Crippen LogP contribution in [0.4, 0.5) is 13.2 Å². The monoisotopic (exact) mass is 450 g/mol. The molecule has 0 fully saturated rings. The van der Waals surface area contributed by atoms with Crippen LogP contribution in [0.25, 0.3) is 17.1 Å². The van der Waals surface area contributed by atoms with Crippen LogP contribution in [0.5, 0.6) is 5.75 Å². The van der Waals surface area contributed by atoms with Crippen molar-refractivity contribution < 1.29 is 22.7 Å². The minimum absolute atomic E-state index is 0.385. The zero-order valence-electron chi connectivity index (χ0n) is 17.1. The van der Waals surface area contributed by atoms with Gasteiger partial charge >= 0.3 is 6.18 Å². The SMILES string of the molecule is COc1ccc(-n2c(SC(C)C(=O)NCC(F)(F)F)nnc2-c2cccc(C)c2)cc1. The number of alkyl halides is 3. The van der Waals surface area contributed by atoms with Gasteiger partial charge in [0.25, 0.3) is 0 Å². The highest BCUT2D eigenvalue weighted by molar-refractivity contribution is 8.00. The van der Waals surface area contributed by atoms with Gasteiger partial charge in [-0.15, -0.1) is 10.2 Å². The van der Waals surface area contributed by atoms with E-state index < -0.39 is 23.9 Å². The Kier molecular flexibility index (Phi) is 6.89. The number of aromatic nitrogens is 3. The van der Waals surface area contributed by atoms with Gasteiger partial charge in [0.05, 0.1) is 12.4 Å². The number of benzene rings is 2. The van der Waals surface area contributed by atoms with E-state index in [9.17, 15) is 18.0 Å². The molecule has 0 saturated heterocycles. The molecule has 0 aliphatic rings. The molecule has 1 atom stereocenters. The van der Waals surface area contributed by atoms with Crippen molar-refractivity contribution in [2.45, 2.75) is 30.4 Å². The molecule has 1 N–H and O–H groups in total. The van der Waals surface area contributed by atoms with Crippen LogP contribution >= 0.6 is 11.8 Å². The summed E-state index contributed by atoms with van der Waals surface area (Å²) in [4.78, 5) is 12.1. The first kappa shape index (κ1) is 22.7. The van der Waals surface area contributed by atoms with E-state index in [0.29, 0.717) is 16.7 Å². The summed E-state index contributed by atoms with van der Waals surface area (Å²) in [6, 6.07) is 14.9. The molecule has 31 heavy (non-hydrogen) atoms. The van der Waals surface area contributed by atoms with Crippen molar-refractivity contribution in [1.29, 1.82) is 0 Å². The topological polar surface area (TPSA) is 69.0 Å². The fourth-order valence-electron chi connectivity index (χ4n) is 2.82. The van der Waals surface area contributed by atoms with E-state index in [0.717, 1.165) is 28.6 Å². The van der Waals surface area contributed by atoms with Crippen LogP contribution in [0.15, 0.2) is 53.7 Å². The molecule has 2 aromatic carbocycles. The Bertz CT molecular complexity index is 1050. The van der Waals surface area contributed by atoms with Gasteiger partial charge in [0.15, 0.2) is 11.0 Å². The second-order valence-electron chi connectivity index (χ2n) is 6.80. The number of thioether (sulfide) groups is 1. The number of rotatable bonds is 7. The Hall–Kier alpha value is -3.01.